The van der Waals surface area contributed by atoms with Gasteiger partial charge >= 0.3 is 6.03 Å². The van der Waals surface area contributed by atoms with Gasteiger partial charge in [0.2, 0.25) is 5.88 Å². The standard InChI is InChI=1S/C14H13Cl2N3O3/c1-22-13-6-9(2-3-17-13)18-14(21)19-12-5-8(15)4-11(16)10(12)7-20/h2-6,20H,7H2,1H3,(H2,17,18,19,21). The van der Waals surface area contributed by atoms with Gasteiger partial charge in [-0.3, -0.25) is 0 Å². The molecule has 0 atom stereocenters. The Bertz CT molecular complexity index is 695. The van der Waals surface area contributed by atoms with Crippen LogP contribution in [-0.4, -0.2) is 23.2 Å². The minimum Gasteiger partial charge on any atom is -0.481 e. The summed E-state index contributed by atoms with van der Waals surface area (Å²) < 4.78 is 4.97. The zero-order chi connectivity index (χ0) is 16.1. The van der Waals surface area contributed by atoms with Crippen LogP contribution in [0.5, 0.6) is 5.88 Å². The van der Waals surface area contributed by atoms with Gasteiger partial charge in [0, 0.05) is 33.6 Å². The van der Waals surface area contributed by atoms with Gasteiger partial charge in [-0.1, -0.05) is 23.2 Å². The molecule has 6 nitrogen and oxygen atoms in total. The van der Waals surface area contributed by atoms with E-state index in [9.17, 15) is 9.90 Å². The number of benzene rings is 1. The van der Waals surface area contributed by atoms with Gasteiger partial charge in [-0.15, -0.1) is 0 Å². The van der Waals surface area contributed by atoms with E-state index in [1.54, 1.807) is 12.1 Å². The Balaban J connectivity index is 2.15. The molecule has 2 amide bonds. The molecule has 0 aliphatic rings. The lowest BCUT2D eigenvalue weighted by Gasteiger charge is -2.13. The molecular formula is C14H13Cl2N3O3. The molecule has 3 N–H and O–H groups in total. The number of carbonyl (C=O) groups excluding carboxylic acids is 1. The Hall–Kier alpha value is -2.02. The van der Waals surface area contributed by atoms with Crippen molar-refractivity contribution in [2.75, 3.05) is 17.7 Å². The molecule has 0 bridgehead atoms. The number of halogens is 2. The van der Waals surface area contributed by atoms with Crippen LogP contribution in [0.4, 0.5) is 16.2 Å². The van der Waals surface area contributed by atoms with Crippen molar-refractivity contribution in [3.05, 3.63) is 46.1 Å². The summed E-state index contributed by atoms with van der Waals surface area (Å²) in [4.78, 5) is 16.0. The molecule has 0 aliphatic carbocycles. The largest absolute Gasteiger partial charge is 0.481 e. The Labute approximate surface area is 137 Å². The summed E-state index contributed by atoms with van der Waals surface area (Å²) in [5.41, 5.74) is 1.22. The molecule has 1 heterocycles. The van der Waals surface area contributed by atoms with Crippen molar-refractivity contribution in [1.82, 2.24) is 4.98 Å². The smallest absolute Gasteiger partial charge is 0.323 e. The molecule has 2 aromatic rings. The summed E-state index contributed by atoms with van der Waals surface area (Å²) in [6.07, 6.45) is 1.50. The molecule has 0 radical (unpaired) electrons. The summed E-state index contributed by atoms with van der Waals surface area (Å²) >= 11 is 11.9. The first-order valence-corrected chi connectivity index (χ1v) is 6.96. The summed E-state index contributed by atoms with van der Waals surface area (Å²) in [6.45, 7) is -0.325. The van der Waals surface area contributed by atoms with Gasteiger partial charge in [-0.05, 0) is 18.2 Å². The number of methoxy groups -OCH3 is 1. The maximum atomic E-state index is 12.0. The molecule has 0 unspecified atom stereocenters. The predicted octanol–water partition coefficient (Wildman–Crippen LogP) is 3.53. The van der Waals surface area contributed by atoms with Crippen molar-refractivity contribution in [3.63, 3.8) is 0 Å². The molecule has 0 saturated heterocycles. The quantitative estimate of drug-likeness (QED) is 0.794. The number of aliphatic hydroxyl groups excluding tert-OH is 1. The number of nitrogens with zero attached hydrogens (tertiary/aromatic N) is 1. The van der Waals surface area contributed by atoms with Gasteiger partial charge in [0.15, 0.2) is 0 Å². The van der Waals surface area contributed by atoms with Gasteiger partial charge in [0.25, 0.3) is 0 Å². The Morgan fingerprint density at radius 2 is 2.09 bits per heavy atom. The van der Waals surface area contributed by atoms with Crippen LogP contribution in [0, 0.1) is 0 Å². The predicted molar refractivity (Wildman–Crippen MR) is 85.8 cm³/mol. The Morgan fingerprint density at radius 1 is 1.32 bits per heavy atom. The van der Waals surface area contributed by atoms with E-state index in [0.717, 1.165) is 0 Å². The number of aromatic nitrogens is 1. The monoisotopic (exact) mass is 341 g/mol. The molecule has 8 heteroatoms. The zero-order valence-electron chi connectivity index (χ0n) is 11.6. The summed E-state index contributed by atoms with van der Waals surface area (Å²) in [5, 5.41) is 15.2. The average Bonchev–Trinajstić information content (AvgIpc) is 2.47. The summed E-state index contributed by atoms with van der Waals surface area (Å²) in [5.74, 6) is 0.375. The van der Waals surface area contributed by atoms with Gasteiger partial charge in [-0.25, -0.2) is 9.78 Å². The molecule has 22 heavy (non-hydrogen) atoms. The van der Waals surface area contributed by atoms with Crippen LogP contribution in [-0.2, 0) is 6.61 Å². The first-order chi connectivity index (χ1) is 10.5. The van der Waals surface area contributed by atoms with E-state index >= 15 is 0 Å². The van der Waals surface area contributed by atoms with E-state index in [0.29, 0.717) is 27.8 Å². The fourth-order valence-electron chi connectivity index (χ4n) is 1.76. The van der Waals surface area contributed by atoms with Crippen molar-refractivity contribution in [1.29, 1.82) is 0 Å². The average molecular weight is 342 g/mol. The normalized spacial score (nSPS) is 10.2. The first kappa shape index (κ1) is 16.4. The first-order valence-electron chi connectivity index (χ1n) is 6.20. The molecule has 116 valence electrons. The number of rotatable bonds is 4. The van der Waals surface area contributed by atoms with E-state index in [4.69, 9.17) is 27.9 Å². The van der Waals surface area contributed by atoms with Crippen LogP contribution >= 0.6 is 23.2 Å². The number of amides is 2. The number of aliphatic hydroxyl groups is 1. The van der Waals surface area contributed by atoms with E-state index in [1.807, 2.05) is 0 Å². The second-order valence-corrected chi connectivity index (χ2v) is 5.08. The Kier molecular flexibility index (Phi) is 5.43. The van der Waals surface area contributed by atoms with Crippen molar-refractivity contribution < 1.29 is 14.6 Å². The Morgan fingerprint density at radius 3 is 2.77 bits per heavy atom. The SMILES string of the molecule is COc1cc(NC(=O)Nc2cc(Cl)cc(Cl)c2CO)ccn1. The van der Waals surface area contributed by atoms with Crippen molar-refractivity contribution in [3.8, 4) is 5.88 Å². The molecule has 2 rings (SSSR count). The van der Waals surface area contributed by atoms with E-state index < -0.39 is 6.03 Å². The minimum atomic E-state index is -0.513. The van der Waals surface area contributed by atoms with Crippen LogP contribution < -0.4 is 15.4 Å². The lowest BCUT2D eigenvalue weighted by molar-refractivity contribution is 0.262. The lowest BCUT2D eigenvalue weighted by Crippen LogP contribution is -2.20. The third-order valence-electron chi connectivity index (χ3n) is 2.77. The highest BCUT2D eigenvalue weighted by Gasteiger charge is 2.11. The third-order valence-corrected chi connectivity index (χ3v) is 3.32. The second-order valence-electron chi connectivity index (χ2n) is 4.24. The zero-order valence-corrected chi connectivity index (χ0v) is 13.1. The van der Waals surface area contributed by atoms with Crippen LogP contribution in [0.25, 0.3) is 0 Å². The number of carbonyl (C=O) groups is 1. The lowest BCUT2D eigenvalue weighted by atomic mass is 10.2. The van der Waals surface area contributed by atoms with E-state index in [1.165, 1.54) is 25.4 Å². The van der Waals surface area contributed by atoms with Crippen molar-refractivity contribution in [2.45, 2.75) is 6.61 Å². The van der Waals surface area contributed by atoms with Crippen LogP contribution in [0.2, 0.25) is 10.0 Å². The maximum absolute atomic E-state index is 12.0. The molecule has 0 aliphatic heterocycles. The highest BCUT2D eigenvalue weighted by molar-refractivity contribution is 6.35. The molecule has 0 spiro atoms. The van der Waals surface area contributed by atoms with Crippen molar-refractivity contribution >= 4 is 40.6 Å². The topological polar surface area (TPSA) is 83.5 Å². The molecule has 1 aromatic carbocycles. The van der Waals surface area contributed by atoms with Crippen LogP contribution in [0.1, 0.15) is 5.56 Å². The van der Waals surface area contributed by atoms with Gasteiger partial charge in [0.05, 0.1) is 19.4 Å². The maximum Gasteiger partial charge on any atom is 0.323 e. The number of anilines is 2. The van der Waals surface area contributed by atoms with Gasteiger partial charge < -0.3 is 20.5 Å². The van der Waals surface area contributed by atoms with E-state index in [2.05, 4.69) is 15.6 Å². The summed E-state index contributed by atoms with van der Waals surface area (Å²) in [7, 11) is 1.48. The number of nitrogens with one attached hydrogen (secondary N) is 2. The molecule has 0 saturated carbocycles. The van der Waals surface area contributed by atoms with E-state index in [-0.39, 0.29) is 11.6 Å². The van der Waals surface area contributed by atoms with Crippen LogP contribution in [0.3, 0.4) is 0 Å². The third kappa shape index (κ3) is 4.00. The fraction of sp³-hybridized carbons (Fsp3) is 0.143. The number of hydrogen-bond acceptors (Lipinski definition) is 4. The molecular weight excluding hydrogens is 329 g/mol. The molecule has 1 aromatic heterocycles. The number of pyridine rings is 1. The number of urea groups is 1. The minimum absolute atomic E-state index is 0.274. The molecule has 0 fully saturated rings. The fourth-order valence-corrected chi connectivity index (χ4v) is 2.31. The van der Waals surface area contributed by atoms with Gasteiger partial charge in [-0.2, -0.15) is 0 Å². The van der Waals surface area contributed by atoms with Gasteiger partial charge in [0.1, 0.15) is 0 Å². The summed E-state index contributed by atoms with van der Waals surface area (Å²) in [6, 6.07) is 5.66. The highest BCUT2D eigenvalue weighted by Crippen LogP contribution is 2.29. The van der Waals surface area contributed by atoms with Crippen LogP contribution in [0.15, 0.2) is 30.5 Å². The number of ether oxygens (including phenoxy) is 1. The number of hydrogen-bond donors (Lipinski definition) is 3. The second kappa shape index (κ2) is 7.31. The highest BCUT2D eigenvalue weighted by atomic mass is 35.5. The van der Waals surface area contributed by atoms with Crippen molar-refractivity contribution in [2.24, 2.45) is 0 Å².